The van der Waals surface area contributed by atoms with Crippen molar-refractivity contribution in [3.63, 3.8) is 0 Å². The highest BCUT2D eigenvalue weighted by molar-refractivity contribution is 6.00. The largest absolute Gasteiger partial charge is 0.376 e. The molecule has 0 saturated carbocycles. The predicted molar refractivity (Wildman–Crippen MR) is 115 cm³/mol. The van der Waals surface area contributed by atoms with Crippen LogP contribution >= 0.6 is 0 Å². The van der Waals surface area contributed by atoms with Crippen LogP contribution in [0.5, 0.6) is 0 Å². The fourth-order valence-electron chi connectivity index (χ4n) is 2.54. The van der Waals surface area contributed by atoms with Crippen molar-refractivity contribution in [3.8, 4) is 0 Å². The fraction of sp³-hybridized carbons (Fsp3) is 0.227. The van der Waals surface area contributed by atoms with E-state index in [0.29, 0.717) is 23.5 Å². The number of carbonyl (C=O) groups is 3. The van der Waals surface area contributed by atoms with Crippen molar-refractivity contribution < 1.29 is 14.4 Å². The number of amides is 3. The Balaban J connectivity index is 1.88. The molecule has 152 valence electrons. The molecule has 7 nitrogen and oxygen atoms in total. The molecule has 0 aliphatic carbocycles. The first-order valence-electron chi connectivity index (χ1n) is 9.23. The van der Waals surface area contributed by atoms with Crippen molar-refractivity contribution in [2.24, 2.45) is 0 Å². The summed E-state index contributed by atoms with van der Waals surface area (Å²) in [6, 6.07) is 14.3. The van der Waals surface area contributed by atoms with Crippen LogP contribution in [-0.4, -0.2) is 49.3 Å². The van der Waals surface area contributed by atoms with E-state index in [-0.39, 0.29) is 30.8 Å². The zero-order valence-electron chi connectivity index (χ0n) is 16.7. The zero-order valence-corrected chi connectivity index (χ0v) is 16.7. The summed E-state index contributed by atoms with van der Waals surface area (Å²) < 4.78 is 0. The Morgan fingerprint density at radius 3 is 2.45 bits per heavy atom. The van der Waals surface area contributed by atoms with Gasteiger partial charge in [0, 0.05) is 25.0 Å². The molecule has 7 heteroatoms. The Labute approximate surface area is 170 Å². The molecular weight excluding hydrogens is 368 g/mol. The monoisotopic (exact) mass is 394 g/mol. The van der Waals surface area contributed by atoms with Gasteiger partial charge < -0.3 is 20.9 Å². The molecule has 3 N–H and O–H groups in total. The molecule has 0 spiro atoms. The summed E-state index contributed by atoms with van der Waals surface area (Å²) in [5.41, 5.74) is 2.75. The van der Waals surface area contributed by atoms with E-state index in [1.165, 1.54) is 4.90 Å². The first kappa shape index (κ1) is 21.7. The standard InChI is InChI=1S/C22H26N4O3/c1-4-13-23-22(29)18-7-5-6-8-19(18)24-14-21(28)26(3)15-20(27)25-17-11-9-16(2)10-12-17/h4-12,24H,1,13-15H2,2-3H3,(H,23,29)(H,25,27). The maximum absolute atomic E-state index is 12.4. The molecule has 0 bridgehead atoms. The normalized spacial score (nSPS) is 10.0. The number of nitrogens with zero attached hydrogens (tertiary/aromatic N) is 1. The van der Waals surface area contributed by atoms with E-state index in [0.717, 1.165) is 5.56 Å². The van der Waals surface area contributed by atoms with Crippen LogP contribution in [0, 0.1) is 6.92 Å². The van der Waals surface area contributed by atoms with Gasteiger partial charge in [0.15, 0.2) is 0 Å². The lowest BCUT2D eigenvalue weighted by atomic mass is 10.1. The maximum Gasteiger partial charge on any atom is 0.253 e. The average Bonchev–Trinajstić information content (AvgIpc) is 2.72. The first-order chi connectivity index (χ1) is 13.9. The Bertz CT molecular complexity index is 878. The number of para-hydroxylation sites is 1. The van der Waals surface area contributed by atoms with Gasteiger partial charge in [-0.3, -0.25) is 14.4 Å². The molecular formula is C22H26N4O3. The van der Waals surface area contributed by atoms with Crippen molar-refractivity contribution in [2.75, 3.05) is 37.3 Å². The van der Waals surface area contributed by atoms with Gasteiger partial charge in [-0.1, -0.05) is 35.9 Å². The Kier molecular flexibility index (Phi) is 7.97. The number of aryl methyl sites for hydroxylation is 1. The highest BCUT2D eigenvalue weighted by Crippen LogP contribution is 2.14. The number of nitrogens with one attached hydrogen (secondary N) is 3. The molecule has 2 aromatic rings. The van der Waals surface area contributed by atoms with E-state index in [2.05, 4.69) is 22.5 Å². The van der Waals surface area contributed by atoms with Crippen molar-refractivity contribution in [1.82, 2.24) is 10.2 Å². The van der Waals surface area contributed by atoms with Crippen LogP contribution < -0.4 is 16.0 Å². The van der Waals surface area contributed by atoms with Gasteiger partial charge in [-0.15, -0.1) is 6.58 Å². The summed E-state index contributed by atoms with van der Waals surface area (Å²) in [5.74, 6) is -0.814. The van der Waals surface area contributed by atoms with E-state index in [9.17, 15) is 14.4 Å². The molecule has 2 rings (SSSR count). The summed E-state index contributed by atoms with van der Waals surface area (Å²) in [6.45, 7) is 5.77. The van der Waals surface area contributed by atoms with E-state index >= 15 is 0 Å². The number of rotatable bonds is 9. The van der Waals surface area contributed by atoms with Crippen molar-refractivity contribution >= 4 is 29.1 Å². The second kappa shape index (κ2) is 10.7. The second-order valence-electron chi connectivity index (χ2n) is 6.56. The van der Waals surface area contributed by atoms with Crippen LogP contribution in [0.3, 0.4) is 0 Å². The molecule has 2 aromatic carbocycles. The quantitative estimate of drug-likeness (QED) is 0.570. The van der Waals surface area contributed by atoms with Crippen LogP contribution in [0.2, 0.25) is 0 Å². The van der Waals surface area contributed by atoms with Gasteiger partial charge in [0.1, 0.15) is 0 Å². The zero-order chi connectivity index (χ0) is 21.2. The lowest BCUT2D eigenvalue weighted by Crippen LogP contribution is -2.38. The van der Waals surface area contributed by atoms with Crippen molar-refractivity contribution in [2.45, 2.75) is 6.92 Å². The van der Waals surface area contributed by atoms with Crippen LogP contribution in [-0.2, 0) is 9.59 Å². The van der Waals surface area contributed by atoms with Crippen molar-refractivity contribution in [1.29, 1.82) is 0 Å². The number of likely N-dealkylation sites (N-methyl/N-ethyl adjacent to an activating group) is 1. The Morgan fingerprint density at radius 2 is 1.76 bits per heavy atom. The maximum atomic E-state index is 12.4. The molecule has 0 heterocycles. The van der Waals surface area contributed by atoms with Crippen LogP contribution in [0.15, 0.2) is 61.2 Å². The number of carbonyl (C=O) groups excluding carboxylic acids is 3. The van der Waals surface area contributed by atoms with Crippen LogP contribution in [0.1, 0.15) is 15.9 Å². The third kappa shape index (κ3) is 6.80. The predicted octanol–water partition coefficient (Wildman–Crippen LogP) is 2.42. The molecule has 0 aliphatic heterocycles. The van der Waals surface area contributed by atoms with E-state index in [1.807, 2.05) is 31.2 Å². The third-order valence-electron chi connectivity index (χ3n) is 4.15. The van der Waals surface area contributed by atoms with E-state index in [1.54, 1.807) is 37.4 Å². The number of benzene rings is 2. The van der Waals surface area contributed by atoms with Gasteiger partial charge in [-0.2, -0.15) is 0 Å². The second-order valence-corrected chi connectivity index (χ2v) is 6.56. The number of anilines is 2. The van der Waals surface area contributed by atoms with Gasteiger partial charge in [0.2, 0.25) is 11.8 Å². The summed E-state index contributed by atoms with van der Waals surface area (Å²) in [6.07, 6.45) is 1.59. The highest BCUT2D eigenvalue weighted by Gasteiger charge is 2.15. The van der Waals surface area contributed by atoms with Crippen LogP contribution in [0.4, 0.5) is 11.4 Å². The van der Waals surface area contributed by atoms with E-state index < -0.39 is 0 Å². The molecule has 29 heavy (non-hydrogen) atoms. The molecule has 0 fully saturated rings. The number of hydrogen-bond donors (Lipinski definition) is 3. The molecule has 3 amide bonds. The molecule has 0 radical (unpaired) electrons. The Morgan fingerprint density at radius 1 is 1.07 bits per heavy atom. The lowest BCUT2D eigenvalue weighted by Gasteiger charge is -2.18. The van der Waals surface area contributed by atoms with Gasteiger partial charge in [0.05, 0.1) is 18.7 Å². The smallest absolute Gasteiger partial charge is 0.253 e. The summed E-state index contributed by atoms with van der Waals surface area (Å²) in [7, 11) is 1.56. The lowest BCUT2D eigenvalue weighted by molar-refractivity contribution is -0.131. The van der Waals surface area contributed by atoms with Crippen LogP contribution in [0.25, 0.3) is 0 Å². The Hall–Kier alpha value is -3.61. The number of hydrogen-bond acceptors (Lipinski definition) is 4. The SMILES string of the molecule is C=CCNC(=O)c1ccccc1NCC(=O)N(C)CC(=O)Nc1ccc(C)cc1. The minimum absolute atomic E-state index is 0.0416. The minimum Gasteiger partial charge on any atom is -0.376 e. The molecule has 0 aliphatic rings. The summed E-state index contributed by atoms with van der Waals surface area (Å²) >= 11 is 0. The fourth-order valence-corrected chi connectivity index (χ4v) is 2.54. The molecule has 0 aromatic heterocycles. The summed E-state index contributed by atoms with van der Waals surface area (Å²) in [4.78, 5) is 38.0. The summed E-state index contributed by atoms with van der Waals surface area (Å²) in [5, 5.41) is 8.44. The average molecular weight is 394 g/mol. The molecule has 0 unspecified atom stereocenters. The van der Waals surface area contributed by atoms with Crippen molar-refractivity contribution in [3.05, 3.63) is 72.3 Å². The topological polar surface area (TPSA) is 90.5 Å². The van der Waals surface area contributed by atoms with Gasteiger partial charge in [-0.25, -0.2) is 0 Å². The van der Waals surface area contributed by atoms with Gasteiger partial charge >= 0.3 is 0 Å². The van der Waals surface area contributed by atoms with Gasteiger partial charge in [-0.05, 0) is 31.2 Å². The molecule has 0 atom stereocenters. The third-order valence-corrected chi connectivity index (χ3v) is 4.15. The van der Waals surface area contributed by atoms with Gasteiger partial charge in [0.25, 0.3) is 5.91 Å². The minimum atomic E-state index is -0.283. The van der Waals surface area contributed by atoms with E-state index in [4.69, 9.17) is 0 Å². The molecule has 0 saturated heterocycles. The first-order valence-corrected chi connectivity index (χ1v) is 9.23. The highest BCUT2D eigenvalue weighted by atomic mass is 16.2.